The Balaban J connectivity index is 2.65. The molecule has 0 atom stereocenters. The van der Waals surface area contributed by atoms with E-state index < -0.39 is 0 Å². The second-order valence-electron chi connectivity index (χ2n) is 3.09. The minimum absolute atomic E-state index is 0.0920. The van der Waals surface area contributed by atoms with Crippen LogP contribution in [0, 0.1) is 0 Å². The van der Waals surface area contributed by atoms with Gasteiger partial charge in [0, 0.05) is 6.04 Å². The smallest absolute Gasteiger partial charge is 0.315 e. The Labute approximate surface area is 71.8 Å². The molecule has 4 nitrogen and oxygen atoms in total. The highest BCUT2D eigenvalue weighted by Gasteiger charge is 2.11. The summed E-state index contributed by atoms with van der Waals surface area (Å²) in [6.07, 6.45) is 5.26. The molecule has 0 aliphatic carbocycles. The van der Waals surface area contributed by atoms with E-state index in [2.05, 4.69) is 5.32 Å². The van der Waals surface area contributed by atoms with Gasteiger partial charge in [-0.3, -0.25) is 0 Å². The predicted molar refractivity (Wildman–Crippen MR) is 44.7 cm³/mol. The lowest BCUT2D eigenvalue weighted by molar-refractivity contribution is -0.670. The summed E-state index contributed by atoms with van der Waals surface area (Å²) in [4.78, 5) is 11.3. The molecule has 12 heavy (non-hydrogen) atoms. The van der Waals surface area contributed by atoms with Gasteiger partial charge in [0.2, 0.25) is 0 Å². The fourth-order valence-corrected chi connectivity index (χ4v) is 0.892. The van der Waals surface area contributed by atoms with Crippen molar-refractivity contribution in [1.29, 1.82) is 0 Å². The number of hydrogen-bond donors (Lipinski definition) is 1. The van der Waals surface area contributed by atoms with Crippen LogP contribution in [0.4, 0.5) is 4.79 Å². The highest BCUT2D eigenvalue weighted by Crippen LogP contribution is 1.85. The molecule has 1 N–H and O–H groups in total. The third-order valence-electron chi connectivity index (χ3n) is 1.42. The molecule has 1 aromatic heterocycles. The maximum absolute atomic E-state index is 11.3. The molecular formula is C8H14N3O+. The topological polar surface area (TPSA) is 37.9 Å². The van der Waals surface area contributed by atoms with Crippen LogP contribution >= 0.6 is 0 Å². The van der Waals surface area contributed by atoms with Gasteiger partial charge in [-0.1, -0.05) is 0 Å². The summed E-state index contributed by atoms with van der Waals surface area (Å²) in [5.41, 5.74) is 0. The van der Waals surface area contributed by atoms with Crippen molar-refractivity contribution in [3.63, 3.8) is 0 Å². The summed E-state index contributed by atoms with van der Waals surface area (Å²) < 4.78 is 3.33. The van der Waals surface area contributed by atoms with Crippen molar-refractivity contribution < 1.29 is 9.36 Å². The normalized spacial score (nSPS) is 10.3. The fourth-order valence-electron chi connectivity index (χ4n) is 0.892. The Morgan fingerprint density at radius 3 is 2.67 bits per heavy atom. The lowest BCUT2D eigenvalue weighted by atomic mass is 10.4. The Bertz CT molecular complexity index is 278. The molecule has 0 radical (unpaired) electrons. The van der Waals surface area contributed by atoms with Gasteiger partial charge in [0.15, 0.2) is 0 Å². The highest BCUT2D eigenvalue weighted by atomic mass is 16.2. The van der Waals surface area contributed by atoms with Crippen molar-refractivity contribution in [2.24, 2.45) is 7.05 Å². The third kappa shape index (κ3) is 2.08. The minimum atomic E-state index is -0.0920. The average Bonchev–Trinajstić information content (AvgIpc) is 2.34. The van der Waals surface area contributed by atoms with Gasteiger partial charge < -0.3 is 5.32 Å². The number of carbonyl (C=O) groups excluding carboxylic acids is 1. The molecule has 0 aromatic carbocycles. The number of amides is 1. The molecule has 1 heterocycles. The molecule has 0 unspecified atom stereocenters. The molecule has 0 bridgehead atoms. The molecule has 0 aliphatic heterocycles. The molecule has 0 saturated heterocycles. The highest BCUT2D eigenvalue weighted by molar-refractivity contribution is 5.76. The lowest BCUT2D eigenvalue weighted by Crippen LogP contribution is -2.34. The molecule has 0 saturated carbocycles. The number of carbonyl (C=O) groups is 1. The first-order chi connectivity index (χ1) is 5.59. The minimum Gasteiger partial charge on any atom is -0.315 e. The summed E-state index contributed by atoms with van der Waals surface area (Å²) in [5.74, 6) is 0. The molecular weight excluding hydrogens is 154 g/mol. The first kappa shape index (κ1) is 8.77. The van der Waals surface area contributed by atoms with Gasteiger partial charge in [-0.15, -0.1) is 0 Å². The molecule has 66 valence electrons. The van der Waals surface area contributed by atoms with E-state index in [9.17, 15) is 4.79 Å². The van der Waals surface area contributed by atoms with Crippen molar-refractivity contribution in [1.82, 2.24) is 9.88 Å². The monoisotopic (exact) mass is 168 g/mol. The maximum atomic E-state index is 11.3. The average molecular weight is 168 g/mol. The molecule has 1 amide bonds. The Morgan fingerprint density at radius 2 is 2.25 bits per heavy atom. The second kappa shape index (κ2) is 3.38. The van der Waals surface area contributed by atoms with Gasteiger partial charge in [0.1, 0.15) is 12.4 Å². The van der Waals surface area contributed by atoms with E-state index in [-0.39, 0.29) is 12.1 Å². The largest absolute Gasteiger partial charge is 0.413 e. The summed E-state index contributed by atoms with van der Waals surface area (Å²) in [5, 5.41) is 2.78. The zero-order valence-corrected chi connectivity index (χ0v) is 7.61. The van der Waals surface area contributed by atoms with E-state index in [0.717, 1.165) is 0 Å². The Kier molecular flexibility index (Phi) is 2.47. The van der Waals surface area contributed by atoms with Crippen LogP contribution in [0.2, 0.25) is 0 Å². The summed E-state index contributed by atoms with van der Waals surface area (Å²) in [6.45, 7) is 3.86. The summed E-state index contributed by atoms with van der Waals surface area (Å²) in [7, 11) is 1.87. The number of hydrogen-bond acceptors (Lipinski definition) is 1. The number of aryl methyl sites for hydroxylation is 1. The quantitative estimate of drug-likeness (QED) is 0.601. The fraction of sp³-hybridized carbons (Fsp3) is 0.500. The zero-order valence-electron chi connectivity index (χ0n) is 7.61. The van der Waals surface area contributed by atoms with Crippen LogP contribution < -0.4 is 9.88 Å². The van der Waals surface area contributed by atoms with Crippen molar-refractivity contribution >= 4 is 6.03 Å². The van der Waals surface area contributed by atoms with E-state index in [1.807, 2.05) is 31.7 Å². The van der Waals surface area contributed by atoms with Gasteiger partial charge in [0.25, 0.3) is 6.33 Å². The SMILES string of the molecule is CC(C)NC(=O)n1cc[n+](C)c1. The Hall–Kier alpha value is -1.32. The molecule has 1 aromatic rings. The molecule has 0 spiro atoms. The van der Waals surface area contributed by atoms with E-state index >= 15 is 0 Å². The number of nitrogens with zero attached hydrogens (tertiary/aromatic N) is 2. The number of nitrogens with one attached hydrogen (secondary N) is 1. The van der Waals surface area contributed by atoms with Gasteiger partial charge in [0.05, 0.1) is 7.05 Å². The lowest BCUT2D eigenvalue weighted by Gasteiger charge is -2.03. The zero-order chi connectivity index (χ0) is 9.14. The maximum Gasteiger partial charge on any atom is 0.413 e. The van der Waals surface area contributed by atoms with Crippen molar-refractivity contribution in [2.45, 2.75) is 19.9 Å². The predicted octanol–water partition coefficient (Wildman–Crippen LogP) is 0.279. The number of aromatic nitrogens is 2. The van der Waals surface area contributed by atoms with Crippen LogP contribution in [0.3, 0.4) is 0 Å². The van der Waals surface area contributed by atoms with E-state index in [0.29, 0.717) is 0 Å². The van der Waals surface area contributed by atoms with Gasteiger partial charge in [-0.05, 0) is 13.8 Å². The first-order valence-electron chi connectivity index (χ1n) is 3.93. The van der Waals surface area contributed by atoms with Gasteiger partial charge in [-0.2, -0.15) is 4.57 Å². The van der Waals surface area contributed by atoms with Gasteiger partial charge >= 0.3 is 6.03 Å². The first-order valence-corrected chi connectivity index (χ1v) is 3.93. The van der Waals surface area contributed by atoms with Crippen LogP contribution in [0.1, 0.15) is 13.8 Å². The number of imidazole rings is 1. The van der Waals surface area contributed by atoms with Crippen LogP contribution in [-0.2, 0) is 7.05 Å². The summed E-state index contributed by atoms with van der Waals surface area (Å²) >= 11 is 0. The van der Waals surface area contributed by atoms with Crippen LogP contribution in [0.15, 0.2) is 18.7 Å². The molecule has 4 heteroatoms. The van der Waals surface area contributed by atoms with Crippen LogP contribution in [-0.4, -0.2) is 16.6 Å². The van der Waals surface area contributed by atoms with E-state index in [1.165, 1.54) is 4.57 Å². The standard InChI is InChI=1S/C8H13N3O/c1-7(2)9-8(12)11-5-4-10(3)6-11/h4-7H,1-3H3/p+1. The summed E-state index contributed by atoms with van der Waals surface area (Å²) in [6, 6.07) is 0.0795. The molecule has 0 fully saturated rings. The van der Waals surface area contributed by atoms with Gasteiger partial charge in [-0.25, -0.2) is 9.36 Å². The molecule has 0 aliphatic rings. The number of rotatable bonds is 1. The van der Waals surface area contributed by atoms with E-state index in [4.69, 9.17) is 0 Å². The van der Waals surface area contributed by atoms with Crippen LogP contribution in [0.5, 0.6) is 0 Å². The van der Waals surface area contributed by atoms with E-state index in [1.54, 1.807) is 12.5 Å². The Morgan fingerprint density at radius 1 is 1.58 bits per heavy atom. The van der Waals surface area contributed by atoms with Crippen molar-refractivity contribution in [3.8, 4) is 0 Å². The van der Waals surface area contributed by atoms with Crippen molar-refractivity contribution in [3.05, 3.63) is 18.7 Å². The second-order valence-corrected chi connectivity index (χ2v) is 3.09. The molecule has 1 rings (SSSR count). The third-order valence-corrected chi connectivity index (χ3v) is 1.42. The van der Waals surface area contributed by atoms with Crippen molar-refractivity contribution in [2.75, 3.05) is 0 Å². The van der Waals surface area contributed by atoms with Crippen LogP contribution in [0.25, 0.3) is 0 Å².